The van der Waals surface area contributed by atoms with Gasteiger partial charge < -0.3 is 15.6 Å². The van der Waals surface area contributed by atoms with Crippen molar-refractivity contribution in [2.75, 3.05) is 10.6 Å². The molecule has 0 aliphatic carbocycles. The third-order valence-electron chi connectivity index (χ3n) is 3.97. The van der Waals surface area contributed by atoms with E-state index in [0.29, 0.717) is 16.6 Å². The Balaban J connectivity index is 1.92. The molecule has 26 heavy (non-hydrogen) atoms. The highest BCUT2D eigenvalue weighted by Crippen LogP contribution is 2.26. The van der Waals surface area contributed by atoms with Gasteiger partial charge in [-0.05, 0) is 43.3 Å². The minimum Gasteiger partial charge on any atom is -0.378 e. The number of carbonyl (C=O) groups is 1. The number of carbonyl (C=O) groups excluding carboxylic acids is 1. The highest BCUT2D eigenvalue weighted by molar-refractivity contribution is 6.35. The number of pyridine rings is 1. The van der Waals surface area contributed by atoms with E-state index in [4.69, 9.17) is 11.6 Å². The number of hydrogen-bond donors (Lipinski definition) is 3. The molecule has 0 fully saturated rings. The van der Waals surface area contributed by atoms with Crippen LogP contribution < -0.4 is 16.2 Å². The van der Waals surface area contributed by atoms with Gasteiger partial charge in [-0.25, -0.2) is 4.39 Å². The first-order valence-electron chi connectivity index (χ1n) is 8.00. The van der Waals surface area contributed by atoms with E-state index in [1.165, 1.54) is 13.0 Å². The van der Waals surface area contributed by atoms with E-state index in [9.17, 15) is 14.0 Å². The van der Waals surface area contributed by atoms with Crippen LogP contribution in [0.5, 0.6) is 0 Å². The van der Waals surface area contributed by atoms with E-state index in [-0.39, 0.29) is 28.0 Å². The number of anilines is 2. The van der Waals surface area contributed by atoms with Crippen molar-refractivity contribution in [2.45, 2.75) is 19.9 Å². The summed E-state index contributed by atoms with van der Waals surface area (Å²) in [4.78, 5) is 26.2. The SMILES string of the molecule is CC(=O)Nc1cccc(N[C@@H](C)c2cc3ccc(F)c(Cl)c3[nH]c2=O)c1. The second-order valence-corrected chi connectivity index (χ2v) is 6.39. The molecular formula is C19H17ClFN3O2. The molecule has 2 aromatic carbocycles. The van der Waals surface area contributed by atoms with Crippen molar-refractivity contribution in [1.82, 2.24) is 4.98 Å². The second-order valence-electron chi connectivity index (χ2n) is 6.01. The van der Waals surface area contributed by atoms with Crippen LogP contribution in [0.2, 0.25) is 5.02 Å². The van der Waals surface area contributed by atoms with Crippen LogP contribution in [0, 0.1) is 5.82 Å². The van der Waals surface area contributed by atoms with Gasteiger partial charge in [0.15, 0.2) is 0 Å². The Morgan fingerprint density at radius 1 is 1.19 bits per heavy atom. The molecule has 7 heteroatoms. The fourth-order valence-electron chi connectivity index (χ4n) is 2.77. The Morgan fingerprint density at radius 2 is 1.92 bits per heavy atom. The van der Waals surface area contributed by atoms with Crippen LogP contribution >= 0.6 is 11.6 Å². The number of nitrogens with one attached hydrogen (secondary N) is 3. The van der Waals surface area contributed by atoms with Crippen LogP contribution in [-0.2, 0) is 4.79 Å². The van der Waals surface area contributed by atoms with E-state index in [1.54, 1.807) is 30.3 Å². The molecule has 0 radical (unpaired) electrons. The van der Waals surface area contributed by atoms with E-state index < -0.39 is 5.82 Å². The molecule has 0 aliphatic heterocycles. The number of hydrogen-bond acceptors (Lipinski definition) is 3. The number of amides is 1. The van der Waals surface area contributed by atoms with Crippen molar-refractivity contribution in [2.24, 2.45) is 0 Å². The van der Waals surface area contributed by atoms with Crippen LogP contribution in [0.4, 0.5) is 15.8 Å². The lowest BCUT2D eigenvalue weighted by molar-refractivity contribution is -0.114. The lowest BCUT2D eigenvalue weighted by atomic mass is 10.1. The molecule has 1 amide bonds. The zero-order valence-electron chi connectivity index (χ0n) is 14.2. The number of benzene rings is 2. The molecule has 3 N–H and O–H groups in total. The van der Waals surface area contributed by atoms with Gasteiger partial charge in [-0.15, -0.1) is 0 Å². The highest BCUT2D eigenvalue weighted by atomic mass is 35.5. The summed E-state index contributed by atoms with van der Waals surface area (Å²) < 4.78 is 13.6. The lowest BCUT2D eigenvalue weighted by Crippen LogP contribution is -2.19. The summed E-state index contributed by atoms with van der Waals surface area (Å²) >= 11 is 5.92. The first-order valence-corrected chi connectivity index (χ1v) is 8.38. The number of rotatable bonds is 4. The third kappa shape index (κ3) is 3.70. The summed E-state index contributed by atoms with van der Waals surface area (Å²) in [6.07, 6.45) is 0. The van der Waals surface area contributed by atoms with Gasteiger partial charge in [-0.3, -0.25) is 9.59 Å². The van der Waals surface area contributed by atoms with E-state index in [2.05, 4.69) is 15.6 Å². The van der Waals surface area contributed by atoms with Crippen LogP contribution in [0.3, 0.4) is 0 Å². The van der Waals surface area contributed by atoms with Gasteiger partial charge in [0.1, 0.15) is 10.8 Å². The molecule has 5 nitrogen and oxygen atoms in total. The zero-order valence-corrected chi connectivity index (χ0v) is 14.9. The molecule has 0 unspecified atom stereocenters. The molecular weight excluding hydrogens is 357 g/mol. The molecule has 3 rings (SSSR count). The monoisotopic (exact) mass is 373 g/mol. The molecule has 1 atom stereocenters. The average Bonchev–Trinajstić information content (AvgIpc) is 2.58. The van der Waals surface area contributed by atoms with Crippen molar-refractivity contribution >= 4 is 39.8 Å². The maximum Gasteiger partial charge on any atom is 0.253 e. The van der Waals surface area contributed by atoms with E-state index >= 15 is 0 Å². The molecule has 0 saturated carbocycles. The average molecular weight is 374 g/mol. The summed E-state index contributed by atoms with van der Waals surface area (Å²) in [5.41, 5.74) is 1.83. The van der Waals surface area contributed by atoms with Crippen molar-refractivity contribution < 1.29 is 9.18 Å². The molecule has 0 bridgehead atoms. The smallest absolute Gasteiger partial charge is 0.253 e. The first kappa shape index (κ1) is 17.9. The van der Waals surface area contributed by atoms with Gasteiger partial charge >= 0.3 is 0 Å². The normalized spacial score (nSPS) is 12.0. The Bertz CT molecular complexity index is 1050. The lowest BCUT2D eigenvalue weighted by Gasteiger charge is -2.16. The van der Waals surface area contributed by atoms with Gasteiger partial charge in [0.2, 0.25) is 5.91 Å². The zero-order chi connectivity index (χ0) is 18.8. The minimum absolute atomic E-state index is 0.102. The number of aromatic amines is 1. The van der Waals surface area contributed by atoms with E-state index in [1.807, 2.05) is 13.0 Å². The molecule has 1 aromatic heterocycles. The highest BCUT2D eigenvalue weighted by Gasteiger charge is 2.14. The Hall–Kier alpha value is -2.86. The van der Waals surface area contributed by atoms with Crippen LogP contribution in [0.25, 0.3) is 10.9 Å². The van der Waals surface area contributed by atoms with Crippen LogP contribution in [0.15, 0.2) is 47.3 Å². The van der Waals surface area contributed by atoms with Gasteiger partial charge in [-0.1, -0.05) is 17.7 Å². The standard InChI is InChI=1S/C19H17ClFN3O2/c1-10(22-13-4-3-5-14(9-13)23-11(2)25)15-8-12-6-7-16(21)17(20)18(12)24-19(15)26/h3-10,22H,1-2H3,(H,23,25)(H,24,26)/t10-/m0/s1. The van der Waals surface area contributed by atoms with Gasteiger partial charge in [-0.2, -0.15) is 0 Å². The van der Waals surface area contributed by atoms with Crippen molar-refractivity contribution in [3.8, 4) is 0 Å². The molecule has 134 valence electrons. The summed E-state index contributed by atoms with van der Waals surface area (Å²) in [5, 5.41) is 6.48. The molecule has 0 spiro atoms. The topological polar surface area (TPSA) is 74.0 Å². The molecule has 0 aliphatic rings. The van der Waals surface area contributed by atoms with Crippen LogP contribution in [0.1, 0.15) is 25.5 Å². The Labute approximate surface area is 154 Å². The number of fused-ring (bicyclic) bond motifs is 1. The fraction of sp³-hybridized carbons (Fsp3) is 0.158. The number of aromatic nitrogens is 1. The molecule has 1 heterocycles. The summed E-state index contributed by atoms with van der Waals surface area (Å²) in [7, 11) is 0. The van der Waals surface area contributed by atoms with Crippen molar-refractivity contribution in [1.29, 1.82) is 0 Å². The summed E-state index contributed by atoms with van der Waals surface area (Å²) in [6, 6.07) is 11.4. The Morgan fingerprint density at radius 3 is 2.65 bits per heavy atom. The van der Waals surface area contributed by atoms with Crippen LogP contribution in [-0.4, -0.2) is 10.9 Å². The van der Waals surface area contributed by atoms with Crippen molar-refractivity contribution in [3.05, 3.63) is 69.2 Å². The van der Waals surface area contributed by atoms with Crippen molar-refractivity contribution in [3.63, 3.8) is 0 Å². The molecule has 0 saturated heterocycles. The number of halogens is 2. The Kier molecular flexibility index (Phi) is 4.95. The third-order valence-corrected chi connectivity index (χ3v) is 4.34. The minimum atomic E-state index is -0.580. The predicted octanol–water partition coefficient (Wildman–Crippen LogP) is 4.45. The first-order chi connectivity index (χ1) is 12.3. The van der Waals surface area contributed by atoms with E-state index in [0.717, 1.165) is 5.69 Å². The van der Waals surface area contributed by atoms with Gasteiger partial charge in [0.25, 0.3) is 5.56 Å². The number of H-pyrrole nitrogens is 1. The fourth-order valence-corrected chi connectivity index (χ4v) is 2.99. The second kappa shape index (κ2) is 7.17. The summed E-state index contributed by atoms with van der Waals surface area (Å²) in [5.74, 6) is -0.742. The largest absolute Gasteiger partial charge is 0.378 e. The quantitative estimate of drug-likeness (QED) is 0.632. The summed E-state index contributed by atoms with van der Waals surface area (Å²) in [6.45, 7) is 3.28. The maximum atomic E-state index is 13.6. The van der Waals surface area contributed by atoms with Gasteiger partial charge in [0.05, 0.1) is 11.6 Å². The predicted molar refractivity (Wildman–Crippen MR) is 102 cm³/mol. The molecule has 3 aromatic rings. The van der Waals surface area contributed by atoms with Gasteiger partial charge in [0, 0.05) is 29.2 Å². The maximum absolute atomic E-state index is 13.6.